The average Bonchev–Trinajstić information content (AvgIpc) is 2.54. The molecule has 0 atom stereocenters. The van der Waals surface area contributed by atoms with E-state index in [1.807, 2.05) is 0 Å². The quantitative estimate of drug-likeness (QED) is 0.853. The van der Waals surface area contributed by atoms with Gasteiger partial charge >= 0.3 is 12.0 Å². The predicted molar refractivity (Wildman–Crippen MR) is 80.0 cm³/mol. The molecule has 0 saturated heterocycles. The Morgan fingerprint density at radius 3 is 2.27 bits per heavy atom. The summed E-state index contributed by atoms with van der Waals surface area (Å²) in [5.41, 5.74) is 1.74. The molecular formula is C16H15FN2O3. The minimum Gasteiger partial charge on any atom is -0.465 e. The maximum atomic E-state index is 12.8. The second-order valence-corrected chi connectivity index (χ2v) is 4.50. The molecule has 5 nitrogen and oxygen atoms in total. The van der Waals surface area contributed by atoms with Crippen LogP contribution in [0.5, 0.6) is 0 Å². The molecular weight excluding hydrogens is 287 g/mol. The second kappa shape index (κ2) is 7.21. The van der Waals surface area contributed by atoms with Gasteiger partial charge in [0.25, 0.3) is 0 Å². The molecule has 0 aliphatic heterocycles. The summed E-state index contributed by atoms with van der Waals surface area (Å²) < 4.78 is 17.3. The van der Waals surface area contributed by atoms with Crippen LogP contribution in [0.2, 0.25) is 0 Å². The molecule has 2 N–H and O–H groups in total. The van der Waals surface area contributed by atoms with Crippen LogP contribution in [0, 0.1) is 5.82 Å². The molecule has 0 heterocycles. The second-order valence-electron chi connectivity index (χ2n) is 4.50. The third-order valence-electron chi connectivity index (χ3n) is 2.93. The first-order valence-electron chi connectivity index (χ1n) is 6.56. The molecule has 2 amide bonds. The fourth-order valence-corrected chi connectivity index (χ4v) is 1.77. The highest BCUT2D eigenvalue weighted by Gasteiger charge is 2.06. The number of nitrogens with one attached hydrogen (secondary N) is 2. The number of carbonyl (C=O) groups excluding carboxylic acids is 2. The Morgan fingerprint density at radius 2 is 1.68 bits per heavy atom. The Labute approximate surface area is 127 Å². The fourth-order valence-electron chi connectivity index (χ4n) is 1.77. The summed E-state index contributed by atoms with van der Waals surface area (Å²) in [5, 5.41) is 5.28. The Morgan fingerprint density at radius 1 is 1.05 bits per heavy atom. The van der Waals surface area contributed by atoms with E-state index in [0.717, 1.165) is 5.56 Å². The van der Waals surface area contributed by atoms with Gasteiger partial charge in [-0.2, -0.15) is 0 Å². The van der Waals surface area contributed by atoms with Gasteiger partial charge in [0, 0.05) is 12.2 Å². The van der Waals surface area contributed by atoms with Crippen molar-refractivity contribution in [3.8, 4) is 0 Å². The van der Waals surface area contributed by atoms with Crippen LogP contribution in [0.25, 0.3) is 0 Å². The number of halogens is 1. The standard InChI is InChI=1S/C16H15FN2O3/c1-22-15(20)12-4-8-14(9-5-12)19-16(21)18-10-11-2-6-13(17)7-3-11/h2-9H,10H2,1H3,(H2,18,19,21). The first-order valence-corrected chi connectivity index (χ1v) is 6.56. The van der Waals surface area contributed by atoms with Crippen molar-refractivity contribution in [2.75, 3.05) is 12.4 Å². The van der Waals surface area contributed by atoms with E-state index in [9.17, 15) is 14.0 Å². The smallest absolute Gasteiger partial charge is 0.337 e. The number of hydrogen-bond acceptors (Lipinski definition) is 3. The Balaban J connectivity index is 1.86. The molecule has 0 bridgehead atoms. The molecule has 2 rings (SSSR count). The summed E-state index contributed by atoms with van der Waals surface area (Å²) in [6.07, 6.45) is 0. The van der Waals surface area contributed by atoms with Crippen LogP contribution in [0.3, 0.4) is 0 Å². The number of esters is 1. The van der Waals surface area contributed by atoms with E-state index in [4.69, 9.17) is 0 Å². The van der Waals surface area contributed by atoms with Gasteiger partial charge in [-0.3, -0.25) is 0 Å². The lowest BCUT2D eigenvalue weighted by Gasteiger charge is -2.08. The van der Waals surface area contributed by atoms with Crippen molar-refractivity contribution in [2.45, 2.75) is 6.54 Å². The highest BCUT2D eigenvalue weighted by Crippen LogP contribution is 2.10. The zero-order valence-electron chi connectivity index (χ0n) is 11.9. The van der Waals surface area contributed by atoms with Crippen LogP contribution in [0.4, 0.5) is 14.9 Å². The van der Waals surface area contributed by atoms with Crippen molar-refractivity contribution < 1.29 is 18.7 Å². The van der Waals surface area contributed by atoms with E-state index in [1.165, 1.54) is 19.2 Å². The largest absolute Gasteiger partial charge is 0.465 e. The molecule has 6 heteroatoms. The van der Waals surface area contributed by atoms with Crippen LogP contribution in [-0.4, -0.2) is 19.1 Å². The number of rotatable bonds is 4. The normalized spacial score (nSPS) is 9.91. The molecule has 0 unspecified atom stereocenters. The zero-order chi connectivity index (χ0) is 15.9. The van der Waals surface area contributed by atoms with Gasteiger partial charge in [0.05, 0.1) is 12.7 Å². The van der Waals surface area contributed by atoms with E-state index in [1.54, 1.807) is 36.4 Å². The van der Waals surface area contributed by atoms with Gasteiger partial charge in [-0.15, -0.1) is 0 Å². The summed E-state index contributed by atoms with van der Waals surface area (Å²) in [6, 6.07) is 11.8. The van der Waals surface area contributed by atoms with Gasteiger partial charge in [-0.1, -0.05) is 12.1 Å². The number of benzene rings is 2. The number of amides is 2. The van der Waals surface area contributed by atoms with Gasteiger partial charge in [-0.25, -0.2) is 14.0 Å². The molecule has 0 fully saturated rings. The maximum Gasteiger partial charge on any atom is 0.337 e. The van der Waals surface area contributed by atoms with E-state index < -0.39 is 12.0 Å². The third-order valence-corrected chi connectivity index (χ3v) is 2.93. The van der Waals surface area contributed by atoms with Gasteiger partial charge < -0.3 is 15.4 Å². The summed E-state index contributed by atoms with van der Waals surface area (Å²) in [6.45, 7) is 0.284. The number of hydrogen-bond donors (Lipinski definition) is 2. The topological polar surface area (TPSA) is 67.4 Å². The van der Waals surface area contributed by atoms with Crippen molar-refractivity contribution >= 4 is 17.7 Å². The van der Waals surface area contributed by atoms with Crippen LogP contribution in [0.15, 0.2) is 48.5 Å². The molecule has 0 spiro atoms. The van der Waals surface area contributed by atoms with Crippen molar-refractivity contribution in [3.63, 3.8) is 0 Å². The van der Waals surface area contributed by atoms with Crippen molar-refractivity contribution in [2.24, 2.45) is 0 Å². The molecule has 0 aliphatic rings. The summed E-state index contributed by atoms with van der Waals surface area (Å²) in [4.78, 5) is 23.0. The monoisotopic (exact) mass is 302 g/mol. The minimum atomic E-state index is -0.438. The number of anilines is 1. The van der Waals surface area contributed by atoms with Gasteiger partial charge in [0.2, 0.25) is 0 Å². The maximum absolute atomic E-state index is 12.8. The summed E-state index contributed by atoms with van der Waals surface area (Å²) in [7, 11) is 1.30. The Kier molecular flexibility index (Phi) is 5.08. The van der Waals surface area contributed by atoms with Crippen molar-refractivity contribution in [1.82, 2.24) is 5.32 Å². The van der Waals surface area contributed by atoms with E-state index in [0.29, 0.717) is 11.3 Å². The fraction of sp³-hybridized carbons (Fsp3) is 0.125. The number of methoxy groups -OCH3 is 1. The molecule has 0 radical (unpaired) electrons. The first-order chi connectivity index (χ1) is 10.6. The van der Waals surface area contributed by atoms with Crippen LogP contribution in [-0.2, 0) is 11.3 Å². The molecule has 114 valence electrons. The Hall–Kier alpha value is -2.89. The lowest BCUT2D eigenvalue weighted by Crippen LogP contribution is -2.28. The van der Waals surface area contributed by atoms with Gasteiger partial charge in [0.1, 0.15) is 5.82 Å². The lowest BCUT2D eigenvalue weighted by atomic mass is 10.2. The van der Waals surface area contributed by atoms with Crippen molar-refractivity contribution in [3.05, 3.63) is 65.5 Å². The third kappa shape index (κ3) is 4.31. The number of urea groups is 1. The molecule has 22 heavy (non-hydrogen) atoms. The van der Waals surface area contributed by atoms with Gasteiger partial charge in [-0.05, 0) is 42.0 Å². The van der Waals surface area contributed by atoms with Gasteiger partial charge in [0.15, 0.2) is 0 Å². The molecule has 0 aliphatic carbocycles. The average molecular weight is 302 g/mol. The van der Waals surface area contributed by atoms with Crippen LogP contribution in [0.1, 0.15) is 15.9 Å². The zero-order valence-corrected chi connectivity index (χ0v) is 11.9. The number of ether oxygens (including phenoxy) is 1. The van der Waals surface area contributed by atoms with Crippen LogP contribution < -0.4 is 10.6 Å². The van der Waals surface area contributed by atoms with E-state index in [2.05, 4.69) is 15.4 Å². The SMILES string of the molecule is COC(=O)c1ccc(NC(=O)NCc2ccc(F)cc2)cc1. The van der Waals surface area contributed by atoms with E-state index in [-0.39, 0.29) is 12.4 Å². The minimum absolute atomic E-state index is 0.284. The molecule has 2 aromatic rings. The molecule has 0 aromatic heterocycles. The highest BCUT2D eigenvalue weighted by molar-refractivity contribution is 5.92. The predicted octanol–water partition coefficient (Wildman–Crippen LogP) is 2.93. The summed E-state index contributed by atoms with van der Waals surface area (Å²) in [5.74, 6) is -0.758. The summed E-state index contributed by atoms with van der Waals surface area (Å²) >= 11 is 0. The molecule has 2 aromatic carbocycles. The lowest BCUT2D eigenvalue weighted by molar-refractivity contribution is 0.0601. The van der Waals surface area contributed by atoms with E-state index >= 15 is 0 Å². The Bertz CT molecular complexity index is 654. The first kappa shape index (κ1) is 15.5. The molecule has 0 saturated carbocycles. The van der Waals surface area contributed by atoms with Crippen molar-refractivity contribution in [1.29, 1.82) is 0 Å². The highest BCUT2D eigenvalue weighted by atomic mass is 19.1. The van der Waals surface area contributed by atoms with Crippen LogP contribution >= 0.6 is 0 Å². The number of carbonyl (C=O) groups is 2.